The fourth-order valence-corrected chi connectivity index (χ4v) is 9.53. The van der Waals surface area contributed by atoms with Gasteiger partial charge in [0.1, 0.15) is 11.5 Å². The lowest BCUT2D eigenvalue weighted by Gasteiger charge is -2.51. The maximum absolute atomic E-state index is 15.3. The van der Waals surface area contributed by atoms with Crippen molar-refractivity contribution in [3.05, 3.63) is 130 Å². The molecule has 2 aliphatic carbocycles. The molecule has 4 aromatic carbocycles. The molecule has 288 valence electrons. The van der Waals surface area contributed by atoms with Crippen molar-refractivity contribution in [2.75, 3.05) is 16.9 Å². The summed E-state index contributed by atoms with van der Waals surface area (Å²) in [6.07, 6.45) is -9.16. The second-order valence-corrected chi connectivity index (χ2v) is 14.7. The smallest absolute Gasteiger partial charge is 0.416 e. The van der Waals surface area contributed by atoms with Gasteiger partial charge in [0.05, 0.1) is 52.8 Å². The Kier molecular flexibility index (Phi) is 8.64. The van der Waals surface area contributed by atoms with E-state index in [-0.39, 0.29) is 41.1 Å². The van der Waals surface area contributed by atoms with Gasteiger partial charge in [0.15, 0.2) is 0 Å². The van der Waals surface area contributed by atoms with Crippen LogP contribution in [0.5, 0.6) is 11.5 Å². The number of ether oxygens (including phenoxy) is 1. The second kappa shape index (κ2) is 13.0. The van der Waals surface area contributed by atoms with E-state index in [9.17, 15) is 45.8 Å². The fourth-order valence-electron chi connectivity index (χ4n) is 9.35. The summed E-state index contributed by atoms with van der Waals surface area (Å²) in [5.41, 5.74) is -4.58. The Hall–Kier alpha value is -5.63. The first-order chi connectivity index (χ1) is 26.5. The number of carbonyl (C=O) groups excluding carboxylic acids is 4. The van der Waals surface area contributed by atoms with Crippen LogP contribution >= 0.6 is 11.6 Å². The van der Waals surface area contributed by atoms with Crippen LogP contribution < -0.4 is 14.5 Å². The van der Waals surface area contributed by atoms with Crippen LogP contribution in [0.4, 0.5) is 37.7 Å². The largest absolute Gasteiger partial charge is 0.508 e. The molecular weight excluding hydrogens is 766 g/mol. The normalized spacial score (nSPS) is 26.2. The molecule has 1 saturated carbocycles. The van der Waals surface area contributed by atoms with E-state index >= 15 is 4.79 Å². The van der Waals surface area contributed by atoms with E-state index in [1.807, 2.05) is 0 Å². The predicted octanol–water partition coefficient (Wildman–Crippen LogP) is 8.46. The number of nitrogens with zero attached hydrogens (tertiary/aromatic N) is 2. The number of methoxy groups -OCH3 is 1. The molecule has 15 heteroatoms. The van der Waals surface area contributed by atoms with Gasteiger partial charge in [0.25, 0.3) is 0 Å². The quantitative estimate of drug-likeness (QED) is 0.124. The Morgan fingerprint density at radius 1 is 0.750 bits per heavy atom. The molecule has 2 saturated heterocycles. The van der Waals surface area contributed by atoms with E-state index in [0.29, 0.717) is 33.7 Å². The van der Waals surface area contributed by atoms with Crippen molar-refractivity contribution in [1.29, 1.82) is 0 Å². The van der Waals surface area contributed by atoms with Crippen LogP contribution in [0.1, 0.15) is 41.0 Å². The number of hydrogen-bond donors (Lipinski definition) is 1. The lowest BCUT2D eigenvalue weighted by atomic mass is 9.49. The average Bonchev–Trinajstić information content (AvgIpc) is 3.55. The van der Waals surface area contributed by atoms with Crippen molar-refractivity contribution in [1.82, 2.24) is 0 Å². The Labute approximate surface area is 319 Å². The van der Waals surface area contributed by atoms with Gasteiger partial charge in [-0.2, -0.15) is 26.3 Å². The third kappa shape index (κ3) is 5.51. The summed E-state index contributed by atoms with van der Waals surface area (Å²) in [6, 6.07) is 19.5. The van der Waals surface area contributed by atoms with Gasteiger partial charge < -0.3 is 9.84 Å². The molecule has 2 heterocycles. The SMILES string of the molecule is COc1cc(O)ccc1C1C2=CCC3C(=O)N(c4cc(C(F)(F)F)cc(C(F)(F)F)c4)C(=O)C3C2CC2C(=O)N(c3cccc(Cl)c3)C(=O)C21c1ccccc1. The standard InChI is InChI=1S/C41H29ClF6N2O6/c1-56-32-18-26(51)10-11-28(32)34-27-12-13-29-33(37(54)49(35(29)52)25-15-21(40(43,44)45)14-22(16-25)41(46,47)48)30(27)19-31-36(53)50(24-9-5-8-23(42)17-24)38(55)39(31,34)20-6-3-2-4-7-20/h2-12,14-18,29-31,33-34,51H,13,19H2,1H3. The summed E-state index contributed by atoms with van der Waals surface area (Å²) in [7, 11) is 1.34. The number of imide groups is 2. The number of phenolic OH excluding ortho intramolecular Hbond substituents is 1. The summed E-state index contributed by atoms with van der Waals surface area (Å²) in [4.78, 5) is 60.2. The van der Waals surface area contributed by atoms with Crippen LogP contribution in [0.15, 0.2) is 103 Å². The summed E-state index contributed by atoms with van der Waals surface area (Å²) in [5, 5.41) is 10.7. The molecule has 6 unspecified atom stereocenters. The number of amides is 4. The Morgan fingerprint density at radius 2 is 1.43 bits per heavy atom. The minimum Gasteiger partial charge on any atom is -0.508 e. The van der Waals surface area contributed by atoms with Gasteiger partial charge in [-0.25, -0.2) is 9.80 Å². The van der Waals surface area contributed by atoms with Crippen LogP contribution in [0.3, 0.4) is 0 Å². The Morgan fingerprint density at radius 3 is 2.05 bits per heavy atom. The van der Waals surface area contributed by atoms with E-state index in [1.54, 1.807) is 48.5 Å². The van der Waals surface area contributed by atoms with Gasteiger partial charge in [-0.15, -0.1) is 0 Å². The minimum atomic E-state index is -5.24. The molecule has 4 aromatic rings. The lowest BCUT2D eigenvalue weighted by molar-refractivity contribution is -0.143. The van der Waals surface area contributed by atoms with E-state index in [4.69, 9.17) is 16.3 Å². The number of phenols is 1. The number of carbonyl (C=O) groups is 4. The van der Waals surface area contributed by atoms with E-state index < -0.39 is 87.8 Å². The van der Waals surface area contributed by atoms with Crippen LogP contribution in [-0.2, 0) is 36.9 Å². The molecular formula is C41H29ClF6N2O6. The highest BCUT2D eigenvalue weighted by molar-refractivity contribution is 6.32. The van der Waals surface area contributed by atoms with Crippen molar-refractivity contribution in [3.63, 3.8) is 0 Å². The average molecular weight is 795 g/mol. The molecule has 0 aromatic heterocycles. The van der Waals surface area contributed by atoms with Gasteiger partial charge >= 0.3 is 12.4 Å². The number of benzene rings is 4. The Balaban J connectivity index is 1.34. The zero-order chi connectivity index (χ0) is 40.1. The van der Waals surface area contributed by atoms with Crippen LogP contribution in [0.2, 0.25) is 5.02 Å². The van der Waals surface area contributed by atoms with Crippen LogP contribution in [0.25, 0.3) is 0 Å². The summed E-state index contributed by atoms with van der Waals surface area (Å²) in [6.45, 7) is 0. The van der Waals surface area contributed by atoms with Crippen molar-refractivity contribution < 1.29 is 55.4 Å². The third-order valence-electron chi connectivity index (χ3n) is 11.5. The van der Waals surface area contributed by atoms with E-state index in [0.717, 1.165) is 4.90 Å². The van der Waals surface area contributed by atoms with E-state index in [1.165, 1.54) is 37.4 Å². The minimum absolute atomic E-state index is 0.0877. The van der Waals surface area contributed by atoms with Gasteiger partial charge in [-0.1, -0.05) is 65.7 Å². The fraction of sp³-hybridized carbons (Fsp3) is 0.268. The summed E-state index contributed by atoms with van der Waals surface area (Å²) in [5.74, 6) is -9.17. The molecule has 6 atom stereocenters. The molecule has 0 radical (unpaired) electrons. The number of aromatic hydroxyl groups is 1. The number of halogens is 7. The zero-order valence-corrected chi connectivity index (χ0v) is 29.8. The topological polar surface area (TPSA) is 104 Å². The molecule has 4 aliphatic rings. The number of alkyl halides is 6. The molecule has 0 bridgehead atoms. The van der Waals surface area contributed by atoms with Gasteiger partial charge in [-0.3, -0.25) is 19.2 Å². The maximum atomic E-state index is 15.3. The van der Waals surface area contributed by atoms with Gasteiger partial charge in [0.2, 0.25) is 23.6 Å². The number of rotatable bonds is 5. The number of anilines is 2. The van der Waals surface area contributed by atoms with Crippen LogP contribution in [-0.4, -0.2) is 35.8 Å². The maximum Gasteiger partial charge on any atom is 0.416 e. The predicted molar refractivity (Wildman–Crippen MR) is 190 cm³/mol. The molecule has 3 fully saturated rings. The van der Waals surface area contributed by atoms with Gasteiger partial charge in [0, 0.05) is 22.6 Å². The highest BCUT2D eigenvalue weighted by Crippen LogP contribution is 2.65. The number of allylic oxidation sites excluding steroid dienone is 2. The molecule has 0 spiro atoms. The highest BCUT2D eigenvalue weighted by atomic mass is 35.5. The lowest BCUT2D eigenvalue weighted by Crippen LogP contribution is -2.53. The molecule has 1 N–H and O–H groups in total. The molecule has 8 nitrogen and oxygen atoms in total. The number of hydrogen-bond acceptors (Lipinski definition) is 6. The second-order valence-electron chi connectivity index (χ2n) is 14.3. The van der Waals surface area contributed by atoms with Crippen molar-refractivity contribution in [3.8, 4) is 11.5 Å². The first-order valence-corrected chi connectivity index (χ1v) is 17.8. The van der Waals surface area contributed by atoms with Crippen LogP contribution in [0, 0.1) is 23.7 Å². The van der Waals surface area contributed by atoms with Crippen molar-refractivity contribution in [2.24, 2.45) is 23.7 Å². The van der Waals surface area contributed by atoms with E-state index in [2.05, 4.69) is 0 Å². The van der Waals surface area contributed by atoms with Gasteiger partial charge in [-0.05, 0) is 66.8 Å². The van der Waals surface area contributed by atoms with Crippen molar-refractivity contribution in [2.45, 2.75) is 36.5 Å². The Bertz CT molecular complexity index is 2330. The molecule has 56 heavy (non-hydrogen) atoms. The van der Waals surface area contributed by atoms with Crippen molar-refractivity contribution >= 4 is 46.6 Å². The monoisotopic (exact) mass is 794 g/mol. The first kappa shape index (κ1) is 37.3. The summed E-state index contributed by atoms with van der Waals surface area (Å²) < 4.78 is 89.2. The molecule has 2 aliphatic heterocycles. The highest BCUT2D eigenvalue weighted by Gasteiger charge is 2.70. The number of fused-ring (bicyclic) bond motifs is 4. The molecule has 8 rings (SSSR count). The zero-order valence-electron chi connectivity index (χ0n) is 29.1. The third-order valence-corrected chi connectivity index (χ3v) is 11.8. The first-order valence-electron chi connectivity index (χ1n) is 17.4. The molecule has 4 amide bonds. The summed E-state index contributed by atoms with van der Waals surface area (Å²) >= 11 is 6.33.